The number of furan rings is 2. The van der Waals surface area contributed by atoms with E-state index in [9.17, 15) is 0 Å². The summed E-state index contributed by atoms with van der Waals surface area (Å²) < 4.78 is 15.2. The van der Waals surface area contributed by atoms with Crippen molar-refractivity contribution in [3.63, 3.8) is 0 Å². The normalized spacial score (nSPS) is 11.8. The Morgan fingerprint density at radius 2 is 0.848 bits per heavy atom. The Balaban J connectivity index is 0.00000141. The van der Waals surface area contributed by atoms with Gasteiger partial charge in [0, 0.05) is 54.4 Å². The van der Waals surface area contributed by atoms with Gasteiger partial charge in [-0.15, -0.1) is 0 Å². The van der Waals surface area contributed by atoms with E-state index in [2.05, 4.69) is 182 Å². The Morgan fingerprint density at radius 1 is 0.364 bits per heavy atom. The number of rotatable bonds is 4. The van der Waals surface area contributed by atoms with Crippen molar-refractivity contribution in [2.75, 3.05) is 0 Å². The van der Waals surface area contributed by atoms with E-state index in [1.807, 2.05) is 30.3 Å². The number of benzene rings is 10. The summed E-state index contributed by atoms with van der Waals surface area (Å²) in [4.78, 5) is 16.2. The van der Waals surface area contributed by atoms with Crippen LogP contribution in [0.5, 0.6) is 0 Å². The second-order valence-corrected chi connectivity index (χ2v) is 17.0. The lowest BCUT2D eigenvalue weighted by Crippen LogP contribution is -2.07. The van der Waals surface area contributed by atoms with Crippen LogP contribution in [0.4, 0.5) is 0 Å². The lowest BCUT2D eigenvalue weighted by atomic mass is 9.96. The van der Waals surface area contributed by atoms with Gasteiger partial charge >= 0.3 is 0 Å². The Kier molecular flexibility index (Phi) is 8.61. The highest BCUT2D eigenvalue weighted by Gasteiger charge is 2.25. The van der Waals surface area contributed by atoms with Gasteiger partial charge < -0.3 is 8.83 Å². The second-order valence-electron chi connectivity index (χ2n) is 17.0. The van der Waals surface area contributed by atoms with E-state index in [1.165, 1.54) is 17.2 Å². The van der Waals surface area contributed by atoms with E-state index in [1.54, 1.807) is 0 Å². The topological polar surface area (TPSA) is 69.9 Å². The smallest absolute Gasteiger partial charge is 0.238 e. The summed E-state index contributed by atoms with van der Waals surface area (Å²) in [5.74, 6) is 1.64. The van der Waals surface area contributed by atoms with E-state index in [-0.39, 0.29) is 0 Å². The summed E-state index contributed by atoms with van der Waals surface area (Å²) in [5.41, 5.74) is 9.16. The molecule has 0 aliphatic rings. The van der Waals surface area contributed by atoms with Crippen LogP contribution in [0.15, 0.2) is 203 Å². The first-order valence-corrected chi connectivity index (χ1v) is 22.6. The highest BCUT2D eigenvalue weighted by molar-refractivity contribution is 6.33. The summed E-state index contributed by atoms with van der Waals surface area (Å²) >= 11 is 0. The molecule has 0 spiro atoms. The van der Waals surface area contributed by atoms with Gasteiger partial charge in [0.15, 0.2) is 11.6 Å². The van der Waals surface area contributed by atoms with Gasteiger partial charge in [0.2, 0.25) is 5.95 Å². The Hall–Kier alpha value is -8.61. The molecule has 0 amide bonds. The third kappa shape index (κ3) is 5.85. The number of hydrogen-bond donors (Lipinski definition) is 0. The molecule has 312 valence electrons. The minimum atomic E-state index is 0.519. The quantitative estimate of drug-likeness (QED) is 0.165. The van der Waals surface area contributed by atoms with Crippen molar-refractivity contribution >= 4 is 98.0 Å². The Labute approximate surface area is 379 Å². The van der Waals surface area contributed by atoms with E-state index in [4.69, 9.17) is 23.8 Å². The molecule has 0 saturated heterocycles. The van der Waals surface area contributed by atoms with E-state index >= 15 is 0 Å². The van der Waals surface area contributed by atoms with Crippen LogP contribution in [-0.2, 0) is 0 Å². The third-order valence-corrected chi connectivity index (χ3v) is 12.8. The van der Waals surface area contributed by atoms with Crippen LogP contribution < -0.4 is 0 Å². The first-order valence-electron chi connectivity index (χ1n) is 22.6. The highest BCUT2D eigenvalue weighted by Crippen LogP contribution is 2.46. The predicted octanol–water partition coefficient (Wildman–Crippen LogP) is 16.6. The highest BCUT2D eigenvalue weighted by atomic mass is 16.3. The summed E-state index contributed by atoms with van der Waals surface area (Å²) in [6.07, 6.45) is 1.25. The molecule has 0 N–H and O–H groups in total. The Bertz CT molecular complexity index is 4250. The van der Waals surface area contributed by atoms with Crippen LogP contribution in [0.25, 0.3) is 138 Å². The zero-order valence-corrected chi connectivity index (χ0v) is 36.3. The molecule has 0 aliphatic heterocycles. The van der Waals surface area contributed by atoms with Crippen molar-refractivity contribution in [2.24, 2.45) is 0 Å². The zero-order valence-electron chi connectivity index (χ0n) is 36.3. The number of para-hydroxylation sites is 3. The molecule has 6 heteroatoms. The van der Waals surface area contributed by atoms with Gasteiger partial charge in [0.1, 0.15) is 22.3 Å². The van der Waals surface area contributed by atoms with Crippen molar-refractivity contribution in [3.8, 4) is 39.9 Å². The lowest BCUT2D eigenvalue weighted by molar-refractivity contribution is 0.668. The standard InChI is InChI=1S/C57H32N4O2.C3H8/c1-2-13-34-30-36(25-24-33(34)12-1)55-58-56(37-27-29-44-42-17-8-10-23-49(42)63-51(44)32-37)60-57(59-55)61-53-38(35-26-28-43-41-16-7-9-22-48(41)62-50(43)31-35)20-11-21-47(53)52-45-18-5-3-14-39(45)40-15-4-6-19-46(40)54(52)61;1-3-2/h1-32H;3H2,1-2H3. The van der Waals surface area contributed by atoms with Crippen LogP contribution in [-0.4, -0.2) is 19.5 Å². The molecule has 0 radical (unpaired) electrons. The van der Waals surface area contributed by atoms with Crippen molar-refractivity contribution in [2.45, 2.75) is 20.3 Å². The molecule has 4 aromatic heterocycles. The van der Waals surface area contributed by atoms with Gasteiger partial charge in [-0.25, -0.2) is 4.98 Å². The number of nitrogens with zero attached hydrogens (tertiary/aromatic N) is 4. The average Bonchev–Trinajstić information content (AvgIpc) is 4.06. The molecule has 4 heterocycles. The predicted molar refractivity (Wildman–Crippen MR) is 274 cm³/mol. The first-order chi connectivity index (χ1) is 32.6. The first kappa shape index (κ1) is 37.9. The summed E-state index contributed by atoms with van der Waals surface area (Å²) in [5, 5.41) is 13.4. The molecule has 10 aromatic carbocycles. The van der Waals surface area contributed by atoms with Crippen LogP contribution in [0, 0.1) is 0 Å². The molecule has 0 atom stereocenters. The molecule has 0 bridgehead atoms. The molecule has 14 aromatic rings. The fraction of sp³-hybridized carbons (Fsp3) is 0.0500. The zero-order chi connectivity index (χ0) is 43.9. The molecule has 0 saturated carbocycles. The minimum Gasteiger partial charge on any atom is -0.456 e. The number of hydrogen-bond acceptors (Lipinski definition) is 5. The van der Waals surface area contributed by atoms with Crippen molar-refractivity contribution in [1.29, 1.82) is 0 Å². The number of fused-ring (bicyclic) bond motifs is 15. The van der Waals surface area contributed by atoms with E-state index < -0.39 is 0 Å². The monoisotopic (exact) mass is 848 g/mol. The van der Waals surface area contributed by atoms with Crippen molar-refractivity contribution in [3.05, 3.63) is 194 Å². The summed E-state index contributed by atoms with van der Waals surface area (Å²) in [7, 11) is 0. The van der Waals surface area contributed by atoms with Gasteiger partial charge in [-0.05, 0) is 75.0 Å². The van der Waals surface area contributed by atoms with Gasteiger partial charge in [-0.2, -0.15) is 9.97 Å². The van der Waals surface area contributed by atoms with Gasteiger partial charge in [0.25, 0.3) is 0 Å². The lowest BCUT2D eigenvalue weighted by Gasteiger charge is -2.14. The maximum atomic E-state index is 6.48. The second kappa shape index (κ2) is 15.0. The molecule has 6 nitrogen and oxygen atoms in total. The maximum Gasteiger partial charge on any atom is 0.238 e. The molecular weight excluding hydrogens is 809 g/mol. The fourth-order valence-electron chi connectivity index (χ4n) is 9.97. The van der Waals surface area contributed by atoms with Crippen LogP contribution >= 0.6 is 0 Å². The van der Waals surface area contributed by atoms with Gasteiger partial charge in [0.05, 0.1) is 11.0 Å². The van der Waals surface area contributed by atoms with Crippen molar-refractivity contribution in [1.82, 2.24) is 19.5 Å². The van der Waals surface area contributed by atoms with E-state index in [0.717, 1.165) is 109 Å². The molecule has 0 unspecified atom stereocenters. The summed E-state index contributed by atoms with van der Waals surface area (Å²) in [6.45, 7) is 4.25. The fourth-order valence-corrected chi connectivity index (χ4v) is 9.97. The minimum absolute atomic E-state index is 0.519. The Morgan fingerprint density at radius 3 is 1.53 bits per heavy atom. The average molecular weight is 849 g/mol. The van der Waals surface area contributed by atoms with E-state index in [0.29, 0.717) is 17.6 Å². The molecule has 0 aliphatic carbocycles. The molecule has 0 fully saturated rings. The van der Waals surface area contributed by atoms with Crippen LogP contribution in [0.2, 0.25) is 0 Å². The third-order valence-electron chi connectivity index (χ3n) is 12.8. The number of aromatic nitrogens is 4. The SMILES string of the molecule is CCC.c1ccc2cc(-c3nc(-c4ccc5c(c4)oc4ccccc45)nc(-n4c5c(-c6ccc7c(c6)oc6ccccc67)cccc5c5c6ccccc6c6ccccc6c54)n3)ccc2c1. The van der Waals surface area contributed by atoms with Crippen molar-refractivity contribution < 1.29 is 8.83 Å². The molecule has 66 heavy (non-hydrogen) atoms. The maximum absolute atomic E-state index is 6.48. The molecular formula is C60H40N4O2. The van der Waals surface area contributed by atoms with Crippen LogP contribution in [0.1, 0.15) is 20.3 Å². The largest absolute Gasteiger partial charge is 0.456 e. The molecule has 14 rings (SSSR count). The van der Waals surface area contributed by atoms with Gasteiger partial charge in [-0.1, -0.05) is 172 Å². The summed E-state index contributed by atoms with van der Waals surface area (Å²) in [6, 6.07) is 68.0. The van der Waals surface area contributed by atoms with Crippen LogP contribution in [0.3, 0.4) is 0 Å². The van der Waals surface area contributed by atoms with Gasteiger partial charge in [-0.3, -0.25) is 4.57 Å².